The lowest BCUT2D eigenvalue weighted by atomic mass is 10.0. The van der Waals surface area contributed by atoms with Crippen LogP contribution in [0.15, 0.2) is 47.0 Å². The first-order valence-corrected chi connectivity index (χ1v) is 10.0. The van der Waals surface area contributed by atoms with Crippen molar-refractivity contribution >= 4 is 5.76 Å². The third-order valence-corrected chi connectivity index (χ3v) is 4.67. The molecule has 0 amide bonds. The predicted molar refractivity (Wildman–Crippen MR) is 114 cm³/mol. The first kappa shape index (κ1) is 19.7. The second kappa shape index (κ2) is 8.03. The zero-order valence-corrected chi connectivity index (χ0v) is 17.5. The largest absolute Gasteiger partial charge is 0.491 e. The van der Waals surface area contributed by atoms with Crippen LogP contribution >= 0.6 is 0 Å². The molecule has 2 aromatic carbocycles. The predicted octanol–water partition coefficient (Wildman–Crippen LogP) is 5.38. The van der Waals surface area contributed by atoms with Gasteiger partial charge in [-0.25, -0.2) is 0 Å². The van der Waals surface area contributed by atoms with Gasteiger partial charge in [0.15, 0.2) is 0 Å². The van der Waals surface area contributed by atoms with Gasteiger partial charge in [-0.3, -0.25) is 0 Å². The number of aromatic nitrogens is 2. The van der Waals surface area contributed by atoms with Crippen LogP contribution in [0.25, 0.3) is 28.6 Å². The first-order valence-electron chi connectivity index (χ1n) is 10.0. The average molecular weight is 401 g/mol. The highest BCUT2D eigenvalue weighted by Gasteiger charge is 2.22. The van der Waals surface area contributed by atoms with Crippen LogP contribution in [0, 0.1) is 11.3 Å². The lowest BCUT2D eigenvalue weighted by Crippen LogP contribution is -2.06. The van der Waals surface area contributed by atoms with Crippen LogP contribution in [-0.2, 0) is 11.2 Å². The fraction of sp³-hybridized carbons (Fsp3) is 0.292. The molecular formula is C24H23N3O3. The quantitative estimate of drug-likeness (QED) is 0.551. The molecule has 0 fully saturated rings. The maximum absolute atomic E-state index is 9.46. The molecule has 0 N–H and O–H groups in total. The van der Waals surface area contributed by atoms with Crippen molar-refractivity contribution < 1.29 is 14.0 Å². The maximum atomic E-state index is 9.46. The molecule has 30 heavy (non-hydrogen) atoms. The number of fused-ring (bicyclic) bond motifs is 1. The van der Waals surface area contributed by atoms with Crippen LogP contribution in [0.2, 0.25) is 0 Å². The van der Waals surface area contributed by atoms with Crippen molar-refractivity contribution in [3.63, 3.8) is 0 Å². The molecule has 1 aliphatic carbocycles. The van der Waals surface area contributed by atoms with Crippen LogP contribution in [0.1, 0.15) is 44.4 Å². The Hall–Kier alpha value is -3.59. The molecule has 0 atom stereocenters. The van der Waals surface area contributed by atoms with Crippen LogP contribution in [0.4, 0.5) is 0 Å². The molecule has 1 aromatic heterocycles. The molecule has 152 valence electrons. The summed E-state index contributed by atoms with van der Waals surface area (Å²) in [6.45, 7) is 7.87. The molecule has 0 saturated carbocycles. The SMILES string of the molecule is CC(C)OC1=CCc2c1cccc2-c1noc(-c2ccc(OC(C)C)c(C#N)c2)n1. The smallest absolute Gasteiger partial charge is 0.258 e. The van der Waals surface area contributed by atoms with Crippen LogP contribution in [-0.4, -0.2) is 22.3 Å². The molecule has 0 unspecified atom stereocenters. The molecule has 0 spiro atoms. The molecule has 6 nitrogen and oxygen atoms in total. The van der Waals surface area contributed by atoms with Crippen molar-refractivity contribution in [2.45, 2.75) is 46.3 Å². The molecule has 0 aliphatic heterocycles. The van der Waals surface area contributed by atoms with E-state index in [1.807, 2.05) is 52.0 Å². The van der Waals surface area contributed by atoms with E-state index in [1.54, 1.807) is 12.1 Å². The van der Waals surface area contributed by atoms with Gasteiger partial charge in [0.05, 0.1) is 17.8 Å². The van der Waals surface area contributed by atoms with Gasteiger partial charge >= 0.3 is 0 Å². The summed E-state index contributed by atoms with van der Waals surface area (Å²) in [6, 6.07) is 13.5. The summed E-state index contributed by atoms with van der Waals surface area (Å²) < 4.78 is 17.1. The van der Waals surface area contributed by atoms with E-state index >= 15 is 0 Å². The Kier molecular flexibility index (Phi) is 5.28. The van der Waals surface area contributed by atoms with E-state index in [2.05, 4.69) is 22.3 Å². The normalized spacial score (nSPS) is 12.6. The van der Waals surface area contributed by atoms with Crippen molar-refractivity contribution in [2.75, 3.05) is 0 Å². The molecule has 0 radical (unpaired) electrons. The second-order valence-electron chi connectivity index (χ2n) is 7.68. The van der Waals surface area contributed by atoms with E-state index in [0.29, 0.717) is 28.6 Å². The number of hydrogen-bond acceptors (Lipinski definition) is 6. The molecular weight excluding hydrogens is 378 g/mol. The lowest BCUT2D eigenvalue weighted by molar-refractivity contribution is 0.204. The highest BCUT2D eigenvalue weighted by atomic mass is 16.5. The number of hydrogen-bond donors (Lipinski definition) is 0. The Morgan fingerprint density at radius 2 is 1.80 bits per heavy atom. The van der Waals surface area contributed by atoms with Gasteiger partial charge in [0, 0.05) is 16.7 Å². The Bertz CT molecular complexity index is 1150. The Balaban J connectivity index is 1.65. The second-order valence-corrected chi connectivity index (χ2v) is 7.68. The van der Waals surface area contributed by atoms with Crippen molar-refractivity contribution in [1.82, 2.24) is 10.1 Å². The molecule has 1 heterocycles. The van der Waals surface area contributed by atoms with Gasteiger partial charge < -0.3 is 14.0 Å². The molecule has 0 saturated heterocycles. The molecule has 0 bridgehead atoms. The minimum absolute atomic E-state index is 0.0173. The van der Waals surface area contributed by atoms with Crippen molar-refractivity contribution in [3.05, 3.63) is 59.2 Å². The highest BCUT2D eigenvalue weighted by Crippen LogP contribution is 2.36. The highest BCUT2D eigenvalue weighted by molar-refractivity contribution is 5.77. The lowest BCUT2D eigenvalue weighted by Gasteiger charge is -2.12. The summed E-state index contributed by atoms with van der Waals surface area (Å²) in [7, 11) is 0. The zero-order chi connectivity index (χ0) is 21.3. The van der Waals surface area contributed by atoms with E-state index in [1.165, 1.54) is 0 Å². The van der Waals surface area contributed by atoms with Crippen molar-refractivity contribution in [3.8, 4) is 34.7 Å². The fourth-order valence-corrected chi connectivity index (χ4v) is 3.47. The van der Waals surface area contributed by atoms with Crippen LogP contribution in [0.5, 0.6) is 5.75 Å². The molecule has 3 aromatic rings. The number of benzene rings is 2. The van der Waals surface area contributed by atoms with Gasteiger partial charge in [0.25, 0.3) is 5.89 Å². The van der Waals surface area contributed by atoms with Crippen LogP contribution in [0.3, 0.4) is 0 Å². The van der Waals surface area contributed by atoms with Gasteiger partial charge in [-0.05, 0) is 64.0 Å². The topological polar surface area (TPSA) is 81.2 Å². The van der Waals surface area contributed by atoms with Gasteiger partial charge in [-0.2, -0.15) is 10.2 Å². The minimum Gasteiger partial charge on any atom is -0.491 e. The van der Waals surface area contributed by atoms with E-state index < -0.39 is 0 Å². The van der Waals surface area contributed by atoms with Gasteiger partial charge in [-0.15, -0.1) is 0 Å². The molecule has 4 rings (SSSR count). The van der Waals surface area contributed by atoms with Crippen molar-refractivity contribution in [1.29, 1.82) is 5.26 Å². The number of nitriles is 1. The maximum Gasteiger partial charge on any atom is 0.258 e. The van der Waals surface area contributed by atoms with Crippen molar-refractivity contribution in [2.24, 2.45) is 0 Å². The molecule has 1 aliphatic rings. The molecule has 6 heteroatoms. The third-order valence-electron chi connectivity index (χ3n) is 4.67. The Morgan fingerprint density at radius 3 is 2.53 bits per heavy atom. The number of allylic oxidation sites excluding steroid dienone is 1. The van der Waals surface area contributed by atoms with E-state index in [9.17, 15) is 5.26 Å². The number of rotatable bonds is 6. The Labute approximate surface area is 175 Å². The van der Waals surface area contributed by atoms with Gasteiger partial charge in [0.2, 0.25) is 5.82 Å². The van der Waals surface area contributed by atoms with E-state index in [4.69, 9.17) is 14.0 Å². The Morgan fingerprint density at radius 1 is 1.03 bits per heavy atom. The van der Waals surface area contributed by atoms with Crippen LogP contribution < -0.4 is 4.74 Å². The summed E-state index contributed by atoms with van der Waals surface area (Å²) >= 11 is 0. The monoisotopic (exact) mass is 401 g/mol. The summed E-state index contributed by atoms with van der Waals surface area (Å²) in [5, 5.41) is 13.7. The zero-order valence-electron chi connectivity index (χ0n) is 17.5. The number of nitrogens with zero attached hydrogens (tertiary/aromatic N) is 3. The van der Waals surface area contributed by atoms with E-state index in [0.717, 1.165) is 28.9 Å². The number of ether oxygens (including phenoxy) is 2. The summed E-state index contributed by atoms with van der Waals surface area (Å²) in [4.78, 5) is 4.59. The van der Waals surface area contributed by atoms with E-state index in [-0.39, 0.29) is 12.2 Å². The fourth-order valence-electron chi connectivity index (χ4n) is 3.47. The summed E-state index contributed by atoms with van der Waals surface area (Å²) in [6.07, 6.45) is 2.94. The van der Waals surface area contributed by atoms with Gasteiger partial charge in [0.1, 0.15) is 17.6 Å². The minimum atomic E-state index is -0.0173. The third kappa shape index (κ3) is 3.79. The van der Waals surface area contributed by atoms with Gasteiger partial charge in [-0.1, -0.05) is 23.4 Å². The summed E-state index contributed by atoms with van der Waals surface area (Å²) in [5.41, 5.74) is 4.21. The average Bonchev–Trinajstić information content (AvgIpc) is 3.35. The summed E-state index contributed by atoms with van der Waals surface area (Å²) in [5.74, 6) is 2.31. The first-order chi connectivity index (χ1) is 14.5. The standard InChI is InChI=1S/C24H23N3O3/c1-14(2)28-21-10-8-16(12-17(21)13-25)24-26-23(27-30-24)20-7-5-6-19-18(20)9-11-22(19)29-15(3)4/h5-8,10-12,14-15H,9H2,1-4H3.